The first-order valence-corrected chi connectivity index (χ1v) is 8.70. The first kappa shape index (κ1) is 15.1. The van der Waals surface area contributed by atoms with E-state index in [1.54, 1.807) is 12.1 Å². The van der Waals surface area contributed by atoms with Gasteiger partial charge in [-0.25, -0.2) is 0 Å². The summed E-state index contributed by atoms with van der Waals surface area (Å²) >= 11 is 0. The number of amides is 1. The molecule has 26 heavy (non-hydrogen) atoms. The van der Waals surface area contributed by atoms with Crippen LogP contribution in [0.4, 0.5) is 0 Å². The van der Waals surface area contributed by atoms with E-state index in [1.807, 2.05) is 29.2 Å². The third kappa shape index (κ3) is 2.37. The van der Waals surface area contributed by atoms with Gasteiger partial charge >= 0.3 is 0 Å². The second-order valence-electron chi connectivity index (χ2n) is 6.41. The van der Waals surface area contributed by atoms with Gasteiger partial charge in [-0.1, -0.05) is 6.07 Å². The highest BCUT2D eigenvalue weighted by Crippen LogP contribution is 2.38. The van der Waals surface area contributed by atoms with E-state index in [2.05, 4.69) is 16.8 Å². The average Bonchev–Trinajstić information content (AvgIpc) is 3.38. The van der Waals surface area contributed by atoms with Gasteiger partial charge in [-0.05, 0) is 42.0 Å². The van der Waals surface area contributed by atoms with Crippen molar-refractivity contribution in [3.05, 3.63) is 71.9 Å². The molecule has 1 atom stereocenters. The molecule has 1 unspecified atom stereocenters. The quantitative estimate of drug-likeness (QED) is 0.713. The van der Waals surface area contributed by atoms with Gasteiger partial charge < -0.3 is 23.4 Å². The highest BCUT2D eigenvalue weighted by atomic mass is 16.6. The van der Waals surface area contributed by atoms with Gasteiger partial charge in [-0.2, -0.15) is 0 Å². The van der Waals surface area contributed by atoms with E-state index < -0.39 is 0 Å². The zero-order valence-electron chi connectivity index (χ0n) is 14.1. The minimum Gasteiger partial charge on any atom is -0.486 e. The maximum Gasteiger partial charge on any atom is 0.290 e. The third-order valence-corrected chi connectivity index (χ3v) is 4.91. The highest BCUT2D eigenvalue weighted by Gasteiger charge is 2.34. The lowest BCUT2D eigenvalue weighted by molar-refractivity contribution is 0.0630. The predicted octanol–water partition coefficient (Wildman–Crippen LogP) is 3.10. The summed E-state index contributed by atoms with van der Waals surface area (Å²) in [7, 11) is 0. The number of hydrogen-bond donors (Lipinski definition) is 0. The normalized spacial score (nSPS) is 18.5. The Labute approximate surface area is 150 Å². The Bertz CT molecular complexity index is 945. The molecule has 0 aliphatic carbocycles. The van der Waals surface area contributed by atoms with Crippen LogP contribution in [0.3, 0.4) is 0 Å². The van der Waals surface area contributed by atoms with E-state index >= 15 is 0 Å². The van der Waals surface area contributed by atoms with Crippen molar-refractivity contribution in [1.82, 2.24) is 9.47 Å². The summed E-state index contributed by atoms with van der Waals surface area (Å²) in [4.78, 5) is 14.9. The summed E-state index contributed by atoms with van der Waals surface area (Å²) in [6.07, 6.45) is 3.58. The molecule has 0 saturated carbocycles. The zero-order chi connectivity index (χ0) is 17.5. The minimum atomic E-state index is -0.202. The van der Waals surface area contributed by atoms with E-state index in [0.717, 1.165) is 29.3 Å². The standard InChI is InChI=1S/C20H18N2O4/c23-20(17-4-2-10-24-17)22-9-8-21-7-1-3-15(21)19(22)14-5-6-16-18(13-14)26-12-11-25-16/h1-7,10,13,19H,8-9,11-12H2. The summed E-state index contributed by atoms with van der Waals surface area (Å²) in [6.45, 7) is 2.46. The fourth-order valence-electron chi connectivity index (χ4n) is 3.72. The molecule has 0 spiro atoms. The molecule has 1 aromatic carbocycles. The van der Waals surface area contributed by atoms with E-state index in [4.69, 9.17) is 13.9 Å². The molecule has 1 amide bonds. The van der Waals surface area contributed by atoms with Crippen LogP contribution in [0.1, 0.15) is 27.9 Å². The lowest BCUT2D eigenvalue weighted by atomic mass is 9.99. The van der Waals surface area contributed by atoms with Crippen molar-refractivity contribution < 1.29 is 18.7 Å². The van der Waals surface area contributed by atoms with Gasteiger partial charge in [0.05, 0.1) is 12.3 Å². The molecule has 0 radical (unpaired) electrons. The molecular weight excluding hydrogens is 332 g/mol. The third-order valence-electron chi connectivity index (χ3n) is 4.91. The number of carbonyl (C=O) groups excluding carboxylic acids is 1. The second kappa shape index (κ2) is 5.98. The largest absolute Gasteiger partial charge is 0.486 e. The predicted molar refractivity (Wildman–Crippen MR) is 93.5 cm³/mol. The van der Waals surface area contributed by atoms with E-state index in [9.17, 15) is 4.79 Å². The van der Waals surface area contributed by atoms with Crippen LogP contribution in [0.2, 0.25) is 0 Å². The Kier molecular flexibility index (Phi) is 3.48. The minimum absolute atomic E-state index is 0.109. The monoisotopic (exact) mass is 350 g/mol. The number of rotatable bonds is 2. The summed E-state index contributed by atoms with van der Waals surface area (Å²) in [5.41, 5.74) is 2.07. The lowest BCUT2D eigenvalue weighted by Gasteiger charge is -2.37. The first-order valence-electron chi connectivity index (χ1n) is 8.70. The van der Waals surface area contributed by atoms with E-state index in [0.29, 0.717) is 25.5 Å². The first-order chi connectivity index (χ1) is 12.8. The molecule has 5 rings (SSSR count). The summed E-state index contributed by atoms with van der Waals surface area (Å²) in [6, 6.07) is 13.2. The van der Waals surface area contributed by atoms with Crippen molar-refractivity contribution >= 4 is 5.91 Å². The molecule has 0 saturated heterocycles. The molecule has 0 fully saturated rings. The van der Waals surface area contributed by atoms with Crippen LogP contribution >= 0.6 is 0 Å². The van der Waals surface area contributed by atoms with Gasteiger partial charge in [0.2, 0.25) is 0 Å². The molecule has 6 nitrogen and oxygen atoms in total. The number of fused-ring (bicyclic) bond motifs is 2. The number of hydrogen-bond acceptors (Lipinski definition) is 4. The van der Waals surface area contributed by atoms with Crippen LogP contribution in [-0.4, -0.2) is 35.1 Å². The van der Waals surface area contributed by atoms with Crippen LogP contribution < -0.4 is 9.47 Å². The average molecular weight is 350 g/mol. The molecule has 2 aliphatic rings. The Balaban J connectivity index is 1.59. The number of carbonyl (C=O) groups is 1. The molecule has 132 valence electrons. The molecular formula is C20H18N2O4. The Morgan fingerprint density at radius 2 is 1.88 bits per heavy atom. The van der Waals surface area contributed by atoms with E-state index in [-0.39, 0.29) is 11.9 Å². The van der Waals surface area contributed by atoms with Gasteiger partial charge in [0.15, 0.2) is 17.3 Å². The van der Waals surface area contributed by atoms with Gasteiger partial charge in [0.25, 0.3) is 5.91 Å². The molecule has 6 heteroatoms. The topological polar surface area (TPSA) is 56.8 Å². The smallest absolute Gasteiger partial charge is 0.290 e. The van der Waals surface area contributed by atoms with Crippen molar-refractivity contribution in [1.29, 1.82) is 0 Å². The van der Waals surface area contributed by atoms with Crippen LogP contribution in [-0.2, 0) is 6.54 Å². The molecule has 0 bridgehead atoms. The second-order valence-corrected chi connectivity index (χ2v) is 6.41. The summed E-state index contributed by atoms with van der Waals surface area (Å²) in [5, 5.41) is 0. The fourth-order valence-corrected chi connectivity index (χ4v) is 3.72. The van der Waals surface area contributed by atoms with Gasteiger partial charge in [0.1, 0.15) is 13.2 Å². The van der Waals surface area contributed by atoms with E-state index in [1.165, 1.54) is 6.26 Å². The Morgan fingerprint density at radius 1 is 1.00 bits per heavy atom. The number of nitrogens with zero attached hydrogens (tertiary/aromatic N) is 2. The Morgan fingerprint density at radius 3 is 2.73 bits per heavy atom. The van der Waals surface area contributed by atoms with Crippen molar-refractivity contribution in [2.24, 2.45) is 0 Å². The van der Waals surface area contributed by atoms with Crippen molar-refractivity contribution in [2.75, 3.05) is 19.8 Å². The van der Waals surface area contributed by atoms with Crippen LogP contribution in [0.15, 0.2) is 59.3 Å². The van der Waals surface area contributed by atoms with Gasteiger partial charge in [-0.15, -0.1) is 0 Å². The summed E-state index contributed by atoms with van der Waals surface area (Å²) < 4.78 is 18.9. The SMILES string of the molecule is O=C(c1ccco1)N1CCn2cccc2C1c1ccc2c(c1)OCCO2. The number of furan rings is 1. The molecule has 4 heterocycles. The number of ether oxygens (including phenoxy) is 2. The van der Waals surface area contributed by atoms with Crippen LogP contribution in [0, 0.1) is 0 Å². The maximum atomic E-state index is 13.0. The number of aromatic nitrogens is 1. The molecule has 2 aliphatic heterocycles. The number of benzene rings is 1. The van der Waals surface area contributed by atoms with Crippen LogP contribution in [0.5, 0.6) is 11.5 Å². The molecule has 0 N–H and O–H groups in total. The van der Waals surface area contributed by atoms with Gasteiger partial charge in [-0.3, -0.25) is 4.79 Å². The molecule has 3 aromatic rings. The van der Waals surface area contributed by atoms with Crippen molar-refractivity contribution in [3.63, 3.8) is 0 Å². The van der Waals surface area contributed by atoms with Crippen molar-refractivity contribution in [2.45, 2.75) is 12.6 Å². The fraction of sp³-hybridized carbons (Fsp3) is 0.250. The molecule has 2 aromatic heterocycles. The highest BCUT2D eigenvalue weighted by molar-refractivity contribution is 5.92. The van der Waals surface area contributed by atoms with Gasteiger partial charge in [0, 0.05) is 25.0 Å². The van der Waals surface area contributed by atoms with Crippen LogP contribution in [0.25, 0.3) is 0 Å². The maximum absolute atomic E-state index is 13.0. The lowest BCUT2D eigenvalue weighted by Crippen LogP contribution is -2.42. The zero-order valence-corrected chi connectivity index (χ0v) is 14.1. The Hall–Kier alpha value is -3.15. The van der Waals surface area contributed by atoms with Crippen molar-refractivity contribution in [3.8, 4) is 11.5 Å². The summed E-state index contributed by atoms with van der Waals surface area (Å²) in [5.74, 6) is 1.72.